The molecular formula is C19H17N5O3. The highest BCUT2D eigenvalue weighted by molar-refractivity contribution is 5.95. The number of carbonyl (C=O) groups excluding carboxylic acids is 2. The van der Waals surface area contributed by atoms with Gasteiger partial charge in [0, 0.05) is 30.3 Å². The van der Waals surface area contributed by atoms with E-state index in [-0.39, 0.29) is 11.8 Å². The van der Waals surface area contributed by atoms with Gasteiger partial charge in [-0.05, 0) is 30.7 Å². The molecule has 3 heterocycles. The molecule has 2 aromatic heterocycles. The Morgan fingerprint density at radius 1 is 1.22 bits per heavy atom. The van der Waals surface area contributed by atoms with Gasteiger partial charge in [-0.25, -0.2) is 14.8 Å². The van der Waals surface area contributed by atoms with Crippen molar-refractivity contribution in [3.63, 3.8) is 0 Å². The van der Waals surface area contributed by atoms with Crippen LogP contribution in [0.2, 0.25) is 0 Å². The Morgan fingerprint density at radius 2 is 1.93 bits per heavy atom. The summed E-state index contributed by atoms with van der Waals surface area (Å²) in [4.78, 5) is 32.4. The molecule has 4 rings (SSSR count). The Balaban J connectivity index is 1.79. The second-order valence-corrected chi connectivity index (χ2v) is 6.23. The molecule has 136 valence electrons. The van der Waals surface area contributed by atoms with Crippen molar-refractivity contribution < 1.29 is 14.3 Å². The summed E-state index contributed by atoms with van der Waals surface area (Å²) in [7, 11) is 1.34. The van der Waals surface area contributed by atoms with Crippen molar-refractivity contribution in [3.05, 3.63) is 65.1 Å². The van der Waals surface area contributed by atoms with Gasteiger partial charge in [0.15, 0.2) is 0 Å². The zero-order valence-corrected chi connectivity index (χ0v) is 14.8. The third-order valence-electron chi connectivity index (χ3n) is 4.58. The number of methoxy groups -OCH3 is 1. The molecule has 3 aromatic rings. The summed E-state index contributed by atoms with van der Waals surface area (Å²) >= 11 is 0. The van der Waals surface area contributed by atoms with E-state index in [2.05, 4.69) is 20.4 Å². The third-order valence-corrected chi connectivity index (χ3v) is 4.58. The third kappa shape index (κ3) is 2.95. The zero-order valence-electron chi connectivity index (χ0n) is 14.8. The van der Waals surface area contributed by atoms with Crippen LogP contribution in [-0.2, 0) is 9.53 Å². The van der Waals surface area contributed by atoms with Gasteiger partial charge in [0.05, 0.1) is 18.4 Å². The van der Waals surface area contributed by atoms with Crippen LogP contribution in [0.5, 0.6) is 0 Å². The Morgan fingerprint density at radius 3 is 2.59 bits per heavy atom. The van der Waals surface area contributed by atoms with Crippen molar-refractivity contribution in [1.29, 1.82) is 0 Å². The van der Waals surface area contributed by atoms with Gasteiger partial charge in [0.25, 0.3) is 5.95 Å². The van der Waals surface area contributed by atoms with Gasteiger partial charge in [0.2, 0.25) is 5.91 Å². The maximum atomic E-state index is 12.4. The molecule has 1 amide bonds. The van der Waals surface area contributed by atoms with Crippen molar-refractivity contribution >= 4 is 17.7 Å². The van der Waals surface area contributed by atoms with Crippen molar-refractivity contribution in [2.75, 3.05) is 12.4 Å². The number of aromatic nitrogens is 4. The number of anilines is 1. The number of aryl methyl sites for hydroxylation is 1. The summed E-state index contributed by atoms with van der Waals surface area (Å²) in [5.41, 5.74) is 3.11. The Labute approximate surface area is 155 Å². The average Bonchev–Trinajstić information content (AvgIpc) is 3.04. The molecule has 0 unspecified atom stereocenters. The maximum Gasteiger partial charge on any atom is 0.337 e. The lowest BCUT2D eigenvalue weighted by Gasteiger charge is -2.24. The summed E-state index contributed by atoms with van der Waals surface area (Å²) in [5, 5.41) is 7.43. The molecule has 0 saturated carbocycles. The van der Waals surface area contributed by atoms with Gasteiger partial charge < -0.3 is 10.1 Å². The standard InChI is InChI=1S/C19H17N5O3/c1-11-16-14(12-4-6-13(7-5-12)18(26)27-2)10-15(25)22-17(16)24(23-11)19-20-8-3-9-21-19/h3-9,14H,10H2,1-2H3,(H,22,25)/t14-/m1/s1. The van der Waals surface area contributed by atoms with Gasteiger partial charge >= 0.3 is 5.97 Å². The molecule has 1 aliphatic rings. The number of esters is 1. The average molecular weight is 363 g/mol. The lowest BCUT2D eigenvalue weighted by atomic mass is 9.85. The minimum absolute atomic E-state index is 0.110. The van der Waals surface area contributed by atoms with Crippen LogP contribution < -0.4 is 5.32 Å². The largest absolute Gasteiger partial charge is 0.465 e. The normalized spacial score (nSPS) is 15.8. The van der Waals surface area contributed by atoms with Crippen LogP contribution >= 0.6 is 0 Å². The van der Waals surface area contributed by atoms with Gasteiger partial charge in [-0.1, -0.05) is 12.1 Å². The van der Waals surface area contributed by atoms with E-state index >= 15 is 0 Å². The predicted molar refractivity (Wildman–Crippen MR) is 96.8 cm³/mol. The van der Waals surface area contributed by atoms with E-state index in [1.807, 2.05) is 19.1 Å². The number of amides is 1. The molecular weight excluding hydrogens is 346 g/mol. The molecule has 0 bridgehead atoms. The first-order valence-corrected chi connectivity index (χ1v) is 8.43. The number of nitrogens with zero attached hydrogens (tertiary/aromatic N) is 4. The molecule has 1 aliphatic heterocycles. The van der Waals surface area contributed by atoms with Crippen LogP contribution in [-0.4, -0.2) is 38.7 Å². The summed E-state index contributed by atoms with van der Waals surface area (Å²) in [6.45, 7) is 1.89. The highest BCUT2D eigenvalue weighted by atomic mass is 16.5. The number of nitrogens with one attached hydrogen (secondary N) is 1. The highest BCUT2D eigenvalue weighted by Crippen LogP contribution is 2.39. The first-order chi connectivity index (χ1) is 13.1. The molecule has 1 atom stereocenters. The van der Waals surface area contributed by atoms with Gasteiger partial charge in [-0.2, -0.15) is 9.78 Å². The smallest absolute Gasteiger partial charge is 0.337 e. The minimum atomic E-state index is -0.395. The number of hydrogen-bond acceptors (Lipinski definition) is 6. The molecule has 0 radical (unpaired) electrons. The number of hydrogen-bond donors (Lipinski definition) is 1. The van der Waals surface area contributed by atoms with Crippen molar-refractivity contribution in [2.24, 2.45) is 0 Å². The van der Waals surface area contributed by atoms with E-state index in [9.17, 15) is 9.59 Å². The molecule has 8 heteroatoms. The number of fused-ring (bicyclic) bond motifs is 1. The molecule has 0 fully saturated rings. The summed E-state index contributed by atoms with van der Waals surface area (Å²) in [6, 6.07) is 8.81. The first-order valence-electron chi connectivity index (χ1n) is 8.43. The van der Waals surface area contributed by atoms with Crippen molar-refractivity contribution in [2.45, 2.75) is 19.3 Å². The fourth-order valence-electron chi connectivity index (χ4n) is 3.35. The highest BCUT2D eigenvalue weighted by Gasteiger charge is 2.33. The lowest BCUT2D eigenvalue weighted by Crippen LogP contribution is -2.25. The van der Waals surface area contributed by atoms with Crippen molar-refractivity contribution in [1.82, 2.24) is 19.7 Å². The molecule has 8 nitrogen and oxygen atoms in total. The van der Waals surface area contributed by atoms with E-state index in [0.717, 1.165) is 16.8 Å². The quantitative estimate of drug-likeness (QED) is 0.717. The number of benzene rings is 1. The number of ether oxygens (including phenoxy) is 1. The Hall–Kier alpha value is -3.55. The zero-order chi connectivity index (χ0) is 19.0. The van der Waals surface area contributed by atoms with Crippen LogP contribution in [0.1, 0.15) is 39.5 Å². The fourth-order valence-corrected chi connectivity index (χ4v) is 3.35. The Kier molecular flexibility index (Phi) is 4.15. The number of rotatable bonds is 3. The van der Waals surface area contributed by atoms with Gasteiger partial charge in [0.1, 0.15) is 5.82 Å². The van der Waals surface area contributed by atoms with Crippen LogP contribution in [0.15, 0.2) is 42.7 Å². The molecule has 0 spiro atoms. The van der Waals surface area contributed by atoms with E-state index in [4.69, 9.17) is 4.74 Å². The van der Waals surface area contributed by atoms with Crippen LogP contribution in [0.3, 0.4) is 0 Å². The van der Waals surface area contributed by atoms with Crippen molar-refractivity contribution in [3.8, 4) is 5.95 Å². The molecule has 27 heavy (non-hydrogen) atoms. The number of carbonyl (C=O) groups is 2. The summed E-state index contributed by atoms with van der Waals surface area (Å²) in [5.74, 6) is 0.300. The SMILES string of the molecule is COC(=O)c1ccc([C@H]2CC(=O)Nc3c2c(C)nn3-c2ncccn2)cc1. The van der Waals surface area contributed by atoms with Crippen LogP contribution in [0, 0.1) is 6.92 Å². The summed E-state index contributed by atoms with van der Waals surface area (Å²) < 4.78 is 6.29. The van der Waals surface area contributed by atoms with E-state index in [1.54, 1.807) is 35.3 Å². The molecule has 0 saturated heterocycles. The maximum absolute atomic E-state index is 12.4. The van der Waals surface area contributed by atoms with Crippen LogP contribution in [0.4, 0.5) is 5.82 Å². The van der Waals surface area contributed by atoms with E-state index in [0.29, 0.717) is 23.8 Å². The topological polar surface area (TPSA) is 99.0 Å². The first kappa shape index (κ1) is 16.9. The van der Waals surface area contributed by atoms with E-state index < -0.39 is 5.97 Å². The fraction of sp³-hybridized carbons (Fsp3) is 0.211. The van der Waals surface area contributed by atoms with Gasteiger partial charge in [-0.3, -0.25) is 4.79 Å². The predicted octanol–water partition coefficient (Wildman–Crippen LogP) is 2.23. The van der Waals surface area contributed by atoms with Crippen LogP contribution in [0.25, 0.3) is 5.95 Å². The molecule has 1 N–H and O–H groups in total. The second-order valence-electron chi connectivity index (χ2n) is 6.23. The van der Waals surface area contributed by atoms with E-state index in [1.165, 1.54) is 7.11 Å². The monoisotopic (exact) mass is 363 g/mol. The summed E-state index contributed by atoms with van der Waals surface area (Å²) in [6.07, 6.45) is 3.55. The molecule has 0 aliphatic carbocycles. The lowest BCUT2D eigenvalue weighted by molar-refractivity contribution is -0.116. The second kappa shape index (κ2) is 6.64. The van der Waals surface area contributed by atoms with Gasteiger partial charge in [-0.15, -0.1) is 0 Å². The molecule has 1 aromatic carbocycles. The Bertz CT molecular complexity index is 1010. The minimum Gasteiger partial charge on any atom is -0.465 e.